The van der Waals surface area contributed by atoms with Gasteiger partial charge in [0.1, 0.15) is 10.8 Å². The molecule has 7 heteroatoms. The average molecular weight is 376 g/mol. The van der Waals surface area contributed by atoms with Crippen LogP contribution in [0.5, 0.6) is 0 Å². The van der Waals surface area contributed by atoms with E-state index < -0.39 is 0 Å². The van der Waals surface area contributed by atoms with Crippen molar-refractivity contribution in [3.05, 3.63) is 29.0 Å². The molecule has 3 heterocycles. The molecule has 3 rings (SSSR count). The minimum atomic E-state index is 0.119. The molecule has 0 aliphatic rings. The number of hydrogen-bond donors (Lipinski definition) is 2. The fourth-order valence-electron chi connectivity index (χ4n) is 2.59. The summed E-state index contributed by atoms with van der Waals surface area (Å²) in [5, 5.41) is 11.7. The number of nitrogens with zero attached hydrogens (tertiary/aromatic N) is 3. The molecule has 26 heavy (non-hydrogen) atoms. The lowest BCUT2D eigenvalue weighted by molar-refractivity contribution is 0.185. The number of thiazole rings is 1. The van der Waals surface area contributed by atoms with Gasteiger partial charge in [-0.2, -0.15) is 5.10 Å². The molecule has 6 nitrogen and oxygen atoms in total. The lowest BCUT2D eigenvalue weighted by Gasteiger charge is -2.24. The summed E-state index contributed by atoms with van der Waals surface area (Å²) in [6.45, 7) is 11.2. The van der Waals surface area contributed by atoms with Gasteiger partial charge >= 0.3 is 0 Å². The predicted octanol–water partition coefficient (Wildman–Crippen LogP) is 5.41. The highest BCUT2D eigenvalue weighted by Gasteiger charge is 2.24. The molecule has 0 saturated heterocycles. The Bertz CT molecular complexity index is 822. The van der Waals surface area contributed by atoms with E-state index in [1.54, 1.807) is 18.4 Å². The lowest BCUT2D eigenvalue weighted by atomic mass is 9.81. The Hall–Kier alpha value is -1.99. The van der Waals surface area contributed by atoms with Crippen LogP contribution in [0.4, 0.5) is 11.6 Å². The molecule has 0 aliphatic carbocycles. The van der Waals surface area contributed by atoms with Crippen LogP contribution in [0.1, 0.15) is 58.2 Å². The van der Waals surface area contributed by atoms with Crippen LogP contribution in [0.2, 0.25) is 0 Å². The first-order chi connectivity index (χ1) is 12.6. The minimum Gasteiger partial charge on any atom is -0.378 e. The first-order valence-corrected chi connectivity index (χ1v) is 9.97. The summed E-state index contributed by atoms with van der Waals surface area (Å²) in [7, 11) is 1.67. The molecule has 0 bridgehead atoms. The SMILES string of the molecule is CC.CCC(C)(CC)c1cc(Nc2cc3nc(COC)sc3cn2)n[nH]1. The molecule has 2 N–H and O–H groups in total. The van der Waals surface area contributed by atoms with E-state index in [1.807, 2.05) is 26.1 Å². The molecule has 0 fully saturated rings. The van der Waals surface area contributed by atoms with Gasteiger partial charge in [-0.25, -0.2) is 9.97 Å². The van der Waals surface area contributed by atoms with Crippen molar-refractivity contribution in [2.24, 2.45) is 0 Å². The fraction of sp³-hybridized carbons (Fsp3) is 0.526. The number of rotatable bonds is 7. The summed E-state index contributed by atoms with van der Waals surface area (Å²) in [6.07, 6.45) is 3.97. The number of methoxy groups -OCH3 is 1. The van der Waals surface area contributed by atoms with Crippen LogP contribution in [0.3, 0.4) is 0 Å². The fourth-order valence-corrected chi connectivity index (χ4v) is 3.48. The summed E-state index contributed by atoms with van der Waals surface area (Å²) in [5.74, 6) is 1.52. The van der Waals surface area contributed by atoms with Gasteiger partial charge in [0.15, 0.2) is 5.82 Å². The van der Waals surface area contributed by atoms with Gasteiger partial charge in [0, 0.05) is 36.5 Å². The van der Waals surface area contributed by atoms with Gasteiger partial charge in [-0.15, -0.1) is 11.3 Å². The number of aromatic amines is 1. The maximum Gasteiger partial charge on any atom is 0.153 e. The van der Waals surface area contributed by atoms with Crippen molar-refractivity contribution in [2.45, 2.75) is 59.5 Å². The lowest BCUT2D eigenvalue weighted by Crippen LogP contribution is -2.19. The highest BCUT2D eigenvalue weighted by atomic mass is 32.1. The van der Waals surface area contributed by atoms with Crippen molar-refractivity contribution in [1.29, 1.82) is 0 Å². The zero-order valence-corrected chi connectivity index (χ0v) is 17.3. The third-order valence-corrected chi connectivity index (χ3v) is 5.61. The van der Waals surface area contributed by atoms with Crippen molar-refractivity contribution in [1.82, 2.24) is 20.2 Å². The van der Waals surface area contributed by atoms with Crippen LogP contribution in [0.25, 0.3) is 10.2 Å². The van der Waals surface area contributed by atoms with Gasteiger partial charge in [-0.1, -0.05) is 34.6 Å². The zero-order chi connectivity index (χ0) is 19.2. The van der Waals surface area contributed by atoms with Crippen molar-refractivity contribution >= 4 is 33.2 Å². The van der Waals surface area contributed by atoms with Crippen molar-refractivity contribution < 1.29 is 4.74 Å². The molecule has 0 aliphatic heterocycles. The molecule has 142 valence electrons. The number of nitrogens with one attached hydrogen (secondary N) is 2. The molecule has 3 aromatic rings. The monoisotopic (exact) mass is 375 g/mol. The second kappa shape index (κ2) is 9.09. The third-order valence-electron chi connectivity index (χ3n) is 4.63. The first-order valence-electron chi connectivity index (χ1n) is 9.15. The molecule has 0 aromatic carbocycles. The summed E-state index contributed by atoms with van der Waals surface area (Å²) >= 11 is 1.60. The van der Waals surface area contributed by atoms with E-state index in [9.17, 15) is 0 Å². The van der Waals surface area contributed by atoms with E-state index in [1.165, 1.54) is 0 Å². The first kappa shape index (κ1) is 20.3. The molecule has 0 saturated carbocycles. The molecule has 0 radical (unpaired) electrons. The molecule has 0 amide bonds. The second-order valence-corrected chi connectivity index (χ2v) is 7.25. The topological polar surface area (TPSA) is 75.7 Å². The van der Waals surface area contributed by atoms with Crippen LogP contribution in [-0.4, -0.2) is 27.3 Å². The zero-order valence-electron chi connectivity index (χ0n) is 16.5. The standard InChI is InChI=1S/C17H23N5OS.C2H6/c1-5-17(3,6-2)13-8-15(22-21-13)20-14-7-11-12(9-18-14)24-16(19-11)10-23-4;1-2/h7-9H,5-6,10H2,1-4H3,(H2,18,20,21,22);1-2H3. The van der Waals surface area contributed by atoms with Gasteiger partial charge < -0.3 is 10.1 Å². The molecule has 0 unspecified atom stereocenters. The van der Waals surface area contributed by atoms with E-state index in [4.69, 9.17) is 4.74 Å². The van der Waals surface area contributed by atoms with Crippen LogP contribution >= 0.6 is 11.3 Å². The van der Waals surface area contributed by atoms with Crippen LogP contribution in [-0.2, 0) is 16.8 Å². The van der Waals surface area contributed by atoms with Gasteiger partial charge in [0.2, 0.25) is 0 Å². The van der Waals surface area contributed by atoms with Gasteiger partial charge in [0.05, 0.1) is 16.8 Å². The van der Waals surface area contributed by atoms with Gasteiger partial charge in [-0.3, -0.25) is 5.10 Å². The Morgan fingerprint density at radius 1 is 1.19 bits per heavy atom. The average Bonchev–Trinajstić information content (AvgIpc) is 3.29. The van der Waals surface area contributed by atoms with E-state index in [-0.39, 0.29) is 5.41 Å². The maximum atomic E-state index is 5.14. The van der Waals surface area contributed by atoms with Crippen molar-refractivity contribution in [3.63, 3.8) is 0 Å². The van der Waals surface area contributed by atoms with Gasteiger partial charge in [-0.05, 0) is 12.8 Å². The van der Waals surface area contributed by atoms with E-state index >= 15 is 0 Å². The number of ether oxygens (including phenoxy) is 1. The van der Waals surface area contributed by atoms with Gasteiger partial charge in [0.25, 0.3) is 0 Å². The highest BCUT2D eigenvalue weighted by Crippen LogP contribution is 2.31. The Balaban J connectivity index is 0.00000117. The summed E-state index contributed by atoms with van der Waals surface area (Å²) in [5.41, 5.74) is 2.19. The Morgan fingerprint density at radius 2 is 1.92 bits per heavy atom. The van der Waals surface area contributed by atoms with Crippen LogP contribution < -0.4 is 5.32 Å². The maximum absolute atomic E-state index is 5.14. The quantitative estimate of drug-likeness (QED) is 0.577. The van der Waals surface area contributed by atoms with E-state index in [2.05, 4.69) is 52.3 Å². The van der Waals surface area contributed by atoms with Crippen LogP contribution in [0, 0.1) is 0 Å². The Morgan fingerprint density at radius 3 is 2.58 bits per heavy atom. The highest BCUT2D eigenvalue weighted by molar-refractivity contribution is 7.18. The number of aromatic nitrogens is 4. The number of H-pyrrole nitrogens is 1. The number of pyridine rings is 1. The van der Waals surface area contributed by atoms with E-state index in [0.717, 1.165) is 45.4 Å². The molecule has 3 aromatic heterocycles. The predicted molar refractivity (Wildman–Crippen MR) is 109 cm³/mol. The second-order valence-electron chi connectivity index (χ2n) is 6.14. The largest absolute Gasteiger partial charge is 0.378 e. The van der Waals surface area contributed by atoms with Crippen molar-refractivity contribution in [3.8, 4) is 0 Å². The normalized spacial score (nSPS) is 11.3. The van der Waals surface area contributed by atoms with Crippen molar-refractivity contribution in [2.75, 3.05) is 12.4 Å². The number of hydrogen-bond acceptors (Lipinski definition) is 6. The summed E-state index contributed by atoms with van der Waals surface area (Å²) in [4.78, 5) is 9.01. The Kier molecular flexibility index (Phi) is 7.11. The molecular weight excluding hydrogens is 346 g/mol. The smallest absolute Gasteiger partial charge is 0.153 e. The summed E-state index contributed by atoms with van der Waals surface area (Å²) < 4.78 is 6.19. The molecule has 0 atom stereocenters. The number of anilines is 2. The Labute approximate surface area is 159 Å². The minimum absolute atomic E-state index is 0.119. The molecular formula is C19H29N5OS. The summed E-state index contributed by atoms with van der Waals surface area (Å²) in [6, 6.07) is 4.01. The van der Waals surface area contributed by atoms with E-state index in [0.29, 0.717) is 6.61 Å². The molecule has 0 spiro atoms. The number of fused-ring (bicyclic) bond motifs is 1. The third kappa shape index (κ3) is 4.40. The van der Waals surface area contributed by atoms with Crippen LogP contribution in [0.15, 0.2) is 18.3 Å².